The Morgan fingerprint density at radius 3 is 1.73 bits per heavy atom. The van der Waals surface area contributed by atoms with Gasteiger partial charge in [0.25, 0.3) is 0 Å². The molecule has 0 fully saturated rings. The quantitative estimate of drug-likeness (QED) is 0.483. The smallest absolute Gasteiger partial charge is 0.231 e. The molecular formula is C17H14N4O4S. The molecule has 0 aromatic heterocycles. The Bertz CT molecular complexity index is 829. The van der Waals surface area contributed by atoms with Gasteiger partial charge in [0.15, 0.2) is 23.0 Å². The van der Waals surface area contributed by atoms with Gasteiger partial charge in [-0.1, -0.05) is 0 Å². The molecule has 2 aliphatic heterocycles. The first-order valence-electron chi connectivity index (χ1n) is 7.69. The van der Waals surface area contributed by atoms with Crippen LogP contribution in [0.1, 0.15) is 11.1 Å². The molecule has 132 valence electrons. The Hall–Kier alpha value is -3.33. The van der Waals surface area contributed by atoms with Crippen LogP contribution in [0.15, 0.2) is 46.6 Å². The van der Waals surface area contributed by atoms with Gasteiger partial charge in [0.1, 0.15) is 0 Å². The zero-order valence-corrected chi connectivity index (χ0v) is 14.3. The number of hydrazone groups is 2. The predicted octanol–water partition coefficient (Wildman–Crippen LogP) is 1.98. The molecule has 2 aromatic rings. The summed E-state index contributed by atoms with van der Waals surface area (Å²) in [7, 11) is 0. The molecule has 0 aliphatic carbocycles. The van der Waals surface area contributed by atoms with Gasteiger partial charge < -0.3 is 18.9 Å². The number of hydrogen-bond acceptors (Lipinski definition) is 7. The number of rotatable bonds is 4. The van der Waals surface area contributed by atoms with Crippen LogP contribution in [0.4, 0.5) is 0 Å². The number of hydrogen-bond donors (Lipinski definition) is 2. The summed E-state index contributed by atoms with van der Waals surface area (Å²) >= 11 is 5.10. The van der Waals surface area contributed by atoms with Gasteiger partial charge in [-0.3, -0.25) is 10.9 Å². The van der Waals surface area contributed by atoms with Crippen molar-refractivity contribution < 1.29 is 18.9 Å². The Morgan fingerprint density at radius 2 is 1.23 bits per heavy atom. The van der Waals surface area contributed by atoms with Gasteiger partial charge in [-0.2, -0.15) is 10.2 Å². The maximum atomic E-state index is 5.31. The first-order valence-corrected chi connectivity index (χ1v) is 8.10. The fourth-order valence-corrected chi connectivity index (χ4v) is 2.45. The van der Waals surface area contributed by atoms with Crippen molar-refractivity contribution in [2.24, 2.45) is 10.2 Å². The summed E-state index contributed by atoms with van der Waals surface area (Å²) in [6.45, 7) is 0.479. The molecule has 0 bridgehead atoms. The fraction of sp³-hybridized carbons (Fsp3) is 0.118. The van der Waals surface area contributed by atoms with Gasteiger partial charge in [0, 0.05) is 0 Å². The molecule has 2 aliphatic rings. The van der Waals surface area contributed by atoms with Gasteiger partial charge >= 0.3 is 0 Å². The highest BCUT2D eigenvalue weighted by molar-refractivity contribution is 7.80. The normalized spacial score (nSPS) is 14.2. The minimum absolute atomic E-state index is 0.240. The lowest BCUT2D eigenvalue weighted by atomic mass is 10.2. The van der Waals surface area contributed by atoms with Gasteiger partial charge in [-0.05, 0) is 59.7 Å². The van der Waals surface area contributed by atoms with Crippen molar-refractivity contribution in [2.75, 3.05) is 13.6 Å². The van der Waals surface area contributed by atoms with Crippen molar-refractivity contribution in [3.8, 4) is 23.0 Å². The molecule has 0 radical (unpaired) electrons. The van der Waals surface area contributed by atoms with E-state index in [2.05, 4.69) is 21.1 Å². The van der Waals surface area contributed by atoms with E-state index in [9.17, 15) is 0 Å². The van der Waals surface area contributed by atoms with Crippen molar-refractivity contribution in [1.29, 1.82) is 0 Å². The number of benzene rings is 2. The highest BCUT2D eigenvalue weighted by Crippen LogP contribution is 2.32. The molecule has 0 saturated carbocycles. The molecule has 0 amide bonds. The molecule has 4 rings (SSSR count). The molecule has 0 spiro atoms. The van der Waals surface area contributed by atoms with E-state index in [1.54, 1.807) is 12.4 Å². The molecule has 0 atom stereocenters. The third-order valence-corrected chi connectivity index (χ3v) is 3.74. The Balaban J connectivity index is 1.27. The van der Waals surface area contributed by atoms with Gasteiger partial charge in [-0.15, -0.1) is 0 Å². The molecule has 9 heteroatoms. The van der Waals surface area contributed by atoms with E-state index in [0.29, 0.717) is 11.5 Å². The van der Waals surface area contributed by atoms with Crippen molar-refractivity contribution >= 4 is 29.8 Å². The van der Waals surface area contributed by atoms with Crippen molar-refractivity contribution in [1.82, 2.24) is 10.9 Å². The molecule has 2 aromatic carbocycles. The lowest BCUT2D eigenvalue weighted by molar-refractivity contribution is 0.173. The number of nitrogens with zero attached hydrogens (tertiary/aromatic N) is 2. The zero-order chi connectivity index (χ0) is 17.8. The van der Waals surface area contributed by atoms with Crippen LogP contribution >= 0.6 is 12.2 Å². The highest BCUT2D eigenvalue weighted by Gasteiger charge is 2.13. The molecule has 0 unspecified atom stereocenters. The van der Waals surface area contributed by atoms with Crippen LogP contribution in [-0.2, 0) is 0 Å². The first-order chi connectivity index (χ1) is 12.8. The van der Waals surface area contributed by atoms with E-state index < -0.39 is 0 Å². The number of ether oxygens (including phenoxy) is 4. The Labute approximate surface area is 154 Å². The van der Waals surface area contributed by atoms with E-state index in [-0.39, 0.29) is 18.7 Å². The topological polar surface area (TPSA) is 85.7 Å². The fourth-order valence-electron chi connectivity index (χ4n) is 2.34. The van der Waals surface area contributed by atoms with Crippen molar-refractivity contribution in [2.45, 2.75) is 0 Å². The molecular weight excluding hydrogens is 356 g/mol. The number of fused-ring (bicyclic) bond motifs is 2. The lowest BCUT2D eigenvalue weighted by Crippen LogP contribution is -2.28. The molecule has 26 heavy (non-hydrogen) atoms. The van der Waals surface area contributed by atoms with E-state index >= 15 is 0 Å². The molecule has 2 N–H and O–H groups in total. The van der Waals surface area contributed by atoms with Gasteiger partial charge in [0.2, 0.25) is 18.7 Å². The van der Waals surface area contributed by atoms with E-state index in [1.807, 2.05) is 36.4 Å². The van der Waals surface area contributed by atoms with Crippen LogP contribution in [0.5, 0.6) is 23.0 Å². The van der Waals surface area contributed by atoms with Crippen LogP contribution in [0.3, 0.4) is 0 Å². The first kappa shape index (κ1) is 16.2. The molecule has 0 saturated heterocycles. The van der Waals surface area contributed by atoms with Crippen molar-refractivity contribution in [3.63, 3.8) is 0 Å². The maximum absolute atomic E-state index is 5.31. The minimum atomic E-state index is 0.240. The second-order valence-corrected chi connectivity index (χ2v) is 5.70. The lowest BCUT2D eigenvalue weighted by Gasteiger charge is -2.02. The highest BCUT2D eigenvalue weighted by atomic mass is 32.1. The second kappa shape index (κ2) is 7.28. The summed E-state index contributed by atoms with van der Waals surface area (Å²) in [5.41, 5.74) is 7.08. The summed E-state index contributed by atoms with van der Waals surface area (Å²) in [6.07, 6.45) is 3.25. The van der Waals surface area contributed by atoms with Crippen LogP contribution < -0.4 is 29.8 Å². The third kappa shape index (κ3) is 3.67. The minimum Gasteiger partial charge on any atom is -0.454 e. The summed E-state index contributed by atoms with van der Waals surface area (Å²) in [5, 5.41) is 8.37. The second-order valence-electron chi connectivity index (χ2n) is 5.29. The summed E-state index contributed by atoms with van der Waals surface area (Å²) in [4.78, 5) is 0. The largest absolute Gasteiger partial charge is 0.454 e. The third-order valence-electron chi connectivity index (χ3n) is 3.55. The SMILES string of the molecule is S=C(N/N=C\c1ccc2c(c1)OCO2)N/N=C/c1ccc2c(c1)OCO2. The van der Waals surface area contributed by atoms with Crippen LogP contribution in [-0.4, -0.2) is 31.1 Å². The number of thiocarbonyl (C=S) groups is 1. The van der Waals surface area contributed by atoms with E-state index in [1.165, 1.54) is 0 Å². The number of nitrogens with one attached hydrogen (secondary N) is 2. The van der Waals surface area contributed by atoms with Crippen LogP contribution in [0, 0.1) is 0 Å². The molecule has 8 nitrogen and oxygen atoms in total. The average molecular weight is 370 g/mol. The predicted molar refractivity (Wildman–Crippen MR) is 99.2 cm³/mol. The standard InChI is InChI=1S/C17H14N4O4S/c26-17(20-18-7-11-1-3-13-15(5-11)24-9-22-13)21-19-8-12-2-4-14-16(6-12)25-10-23-14/h1-8H,9-10H2,(H2,20,21,26)/b18-7-,19-8+. The monoisotopic (exact) mass is 370 g/mol. The van der Waals surface area contributed by atoms with E-state index in [0.717, 1.165) is 22.6 Å². The Kier molecular flexibility index (Phi) is 4.52. The summed E-state index contributed by atoms with van der Waals surface area (Å²) in [6, 6.07) is 11.1. The maximum Gasteiger partial charge on any atom is 0.231 e. The van der Waals surface area contributed by atoms with Gasteiger partial charge in [0.05, 0.1) is 12.4 Å². The van der Waals surface area contributed by atoms with Crippen LogP contribution in [0.2, 0.25) is 0 Å². The van der Waals surface area contributed by atoms with Crippen molar-refractivity contribution in [3.05, 3.63) is 47.5 Å². The summed E-state index contributed by atoms with van der Waals surface area (Å²) < 4.78 is 21.1. The Morgan fingerprint density at radius 1 is 0.769 bits per heavy atom. The van der Waals surface area contributed by atoms with Crippen LogP contribution in [0.25, 0.3) is 0 Å². The van der Waals surface area contributed by atoms with E-state index in [4.69, 9.17) is 31.2 Å². The summed E-state index contributed by atoms with van der Waals surface area (Å²) in [5.74, 6) is 2.85. The molecule has 2 heterocycles. The zero-order valence-electron chi connectivity index (χ0n) is 13.5. The average Bonchev–Trinajstić information content (AvgIpc) is 3.29. The van der Waals surface area contributed by atoms with Gasteiger partial charge in [-0.25, -0.2) is 0 Å².